The Labute approximate surface area is 80.8 Å². The largest absolute Gasteiger partial charge is 0.329 e. The second kappa shape index (κ2) is 4.14. The summed E-state index contributed by atoms with van der Waals surface area (Å²) in [4.78, 5) is 0. The average Bonchev–Trinajstić information content (AvgIpc) is 2.13. The zero-order valence-corrected chi connectivity index (χ0v) is 8.47. The number of hydrogen-bond acceptors (Lipinski definition) is 2. The molecule has 2 nitrogen and oxygen atoms in total. The molecule has 2 heteroatoms. The van der Waals surface area contributed by atoms with Crippen LogP contribution in [0.4, 0.5) is 0 Å². The van der Waals surface area contributed by atoms with Crippen LogP contribution in [0.3, 0.4) is 0 Å². The van der Waals surface area contributed by atoms with Gasteiger partial charge in [0.25, 0.3) is 0 Å². The quantitative estimate of drug-likeness (QED) is 0.597. The van der Waals surface area contributed by atoms with E-state index in [0.29, 0.717) is 0 Å². The Balaban J connectivity index is 1.99. The van der Waals surface area contributed by atoms with Gasteiger partial charge >= 0.3 is 0 Å². The minimum atomic E-state index is 0.809. The van der Waals surface area contributed by atoms with Crippen LogP contribution in [0.1, 0.15) is 39.0 Å². The molecule has 2 atom stereocenters. The van der Waals surface area contributed by atoms with Crippen molar-refractivity contribution in [2.45, 2.75) is 39.0 Å². The van der Waals surface area contributed by atoms with Gasteiger partial charge in [0.2, 0.25) is 0 Å². The lowest BCUT2D eigenvalue weighted by Gasteiger charge is -2.29. The van der Waals surface area contributed by atoms with Gasteiger partial charge in [0.05, 0.1) is 0 Å². The second-order valence-electron chi connectivity index (χ2n) is 4.52. The van der Waals surface area contributed by atoms with E-state index in [2.05, 4.69) is 24.0 Å². The van der Waals surface area contributed by atoms with Gasteiger partial charge in [-0.2, -0.15) is 0 Å². The van der Waals surface area contributed by atoms with E-state index in [9.17, 15) is 0 Å². The molecule has 1 saturated carbocycles. The summed E-state index contributed by atoms with van der Waals surface area (Å²) in [6.45, 7) is 3.52. The van der Waals surface area contributed by atoms with Crippen molar-refractivity contribution in [2.24, 2.45) is 11.8 Å². The molecule has 0 spiro atoms. The lowest BCUT2D eigenvalue weighted by Crippen LogP contribution is -2.38. The summed E-state index contributed by atoms with van der Waals surface area (Å²) in [5, 5.41) is 0. The van der Waals surface area contributed by atoms with Gasteiger partial charge in [0.1, 0.15) is 0 Å². The highest BCUT2D eigenvalue weighted by Crippen LogP contribution is 2.29. The van der Waals surface area contributed by atoms with E-state index in [1.165, 1.54) is 32.1 Å². The standard InChI is InChI=1S/C11H20N2/c1-9-3-2-4-10-7-12-13-8-11(10)6-5-9/h7,9,11-13H,2-6,8H2,1H3. The highest BCUT2D eigenvalue weighted by atomic mass is 15.3. The van der Waals surface area contributed by atoms with Crippen molar-refractivity contribution < 1.29 is 0 Å². The Bertz CT molecular complexity index is 198. The van der Waals surface area contributed by atoms with Crippen molar-refractivity contribution in [3.8, 4) is 0 Å². The third kappa shape index (κ3) is 2.25. The SMILES string of the molecule is CC1CCCC2=CNNCC2CC1. The molecule has 0 amide bonds. The molecule has 1 heterocycles. The number of nitrogens with one attached hydrogen (secondary N) is 2. The first kappa shape index (κ1) is 9.07. The van der Waals surface area contributed by atoms with Gasteiger partial charge in [-0.25, -0.2) is 5.43 Å². The maximum Gasteiger partial charge on any atom is 0.0214 e. The molecule has 2 N–H and O–H groups in total. The molecule has 0 bridgehead atoms. The lowest BCUT2D eigenvalue weighted by molar-refractivity contribution is 0.349. The van der Waals surface area contributed by atoms with Gasteiger partial charge < -0.3 is 5.43 Å². The average molecular weight is 180 g/mol. The third-order valence-corrected chi connectivity index (χ3v) is 3.40. The van der Waals surface area contributed by atoms with Crippen LogP contribution >= 0.6 is 0 Å². The molecule has 0 radical (unpaired) electrons. The van der Waals surface area contributed by atoms with E-state index in [4.69, 9.17) is 0 Å². The summed E-state index contributed by atoms with van der Waals surface area (Å²) >= 11 is 0. The number of rotatable bonds is 0. The van der Waals surface area contributed by atoms with Crippen LogP contribution in [0.25, 0.3) is 0 Å². The molecule has 1 fully saturated rings. The molecule has 13 heavy (non-hydrogen) atoms. The first-order valence-corrected chi connectivity index (χ1v) is 5.53. The van der Waals surface area contributed by atoms with Gasteiger partial charge in [-0.05, 0) is 36.7 Å². The van der Waals surface area contributed by atoms with Gasteiger partial charge in [0, 0.05) is 12.7 Å². The molecule has 0 aromatic heterocycles. The van der Waals surface area contributed by atoms with Gasteiger partial charge in [0.15, 0.2) is 0 Å². The molecular weight excluding hydrogens is 160 g/mol. The minimum absolute atomic E-state index is 0.809. The van der Waals surface area contributed by atoms with E-state index >= 15 is 0 Å². The van der Waals surface area contributed by atoms with Crippen LogP contribution in [-0.2, 0) is 0 Å². The Morgan fingerprint density at radius 3 is 3.15 bits per heavy atom. The third-order valence-electron chi connectivity index (χ3n) is 3.40. The first-order valence-electron chi connectivity index (χ1n) is 5.53. The van der Waals surface area contributed by atoms with E-state index in [-0.39, 0.29) is 0 Å². The number of hydrogen-bond donors (Lipinski definition) is 2. The van der Waals surface area contributed by atoms with E-state index in [1.54, 1.807) is 5.57 Å². The van der Waals surface area contributed by atoms with Gasteiger partial charge in [-0.3, -0.25) is 0 Å². The Hall–Kier alpha value is -0.500. The van der Waals surface area contributed by atoms with Crippen LogP contribution in [-0.4, -0.2) is 6.54 Å². The Morgan fingerprint density at radius 1 is 1.31 bits per heavy atom. The van der Waals surface area contributed by atoms with Crippen LogP contribution in [0.5, 0.6) is 0 Å². The zero-order chi connectivity index (χ0) is 9.10. The van der Waals surface area contributed by atoms with Crippen molar-refractivity contribution in [3.05, 3.63) is 11.8 Å². The molecule has 0 aromatic carbocycles. The first-order chi connectivity index (χ1) is 6.36. The Kier molecular flexibility index (Phi) is 2.89. The summed E-state index contributed by atoms with van der Waals surface area (Å²) in [7, 11) is 0. The molecule has 1 aliphatic heterocycles. The van der Waals surface area contributed by atoms with Gasteiger partial charge in [-0.1, -0.05) is 19.8 Å². The maximum atomic E-state index is 3.22. The highest BCUT2D eigenvalue weighted by Gasteiger charge is 2.20. The van der Waals surface area contributed by atoms with Gasteiger partial charge in [-0.15, -0.1) is 0 Å². The van der Waals surface area contributed by atoms with Crippen LogP contribution < -0.4 is 10.9 Å². The maximum absolute atomic E-state index is 3.22. The highest BCUT2D eigenvalue weighted by molar-refractivity contribution is 5.09. The summed E-state index contributed by atoms with van der Waals surface area (Å²) in [6, 6.07) is 0. The fourth-order valence-corrected chi connectivity index (χ4v) is 2.42. The normalized spacial score (nSPS) is 35.0. The fourth-order valence-electron chi connectivity index (χ4n) is 2.42. The van der Waals surface area contributed by atoms with E-state index < -0.39 is 0 Å². The molecule has 2 unspecified atom stereocenters. The van der Waals surface area contributed by atoms with Crippen LogP contribution in [0.15, 0.2) is 11.8 Å². The van der Waals surface area contributed by atoms with E-state index in [1.807, 2.05) is 0 Å². The number of hydrazine groups is 1. The smallest absolute Gasteiger partial charge is 0.0214 e. The zero-order valence-electron chi connectivity index (χ0n) is 8.47. The summed E-state index contributed by atoms with van der Waals surface area (Å²) in [5.74, 6) is 1.75. The minimum Gasteiger partial charge on any atom is -0.329 e. The molecule has 0 saturated heterocycles. The fraction of sp³-hybridized carbons (Fsp3) is 0.818. The van der Waals surface area contributed by atoms with Crippen molar-refractivity contribution >= 4 is 0 Å². The molecule has 74 valence electrons. The van der Waals surface area contributed by atoms with Crippen molar-refractivity contribution in [2.75, 3.05) is 6.54 Å². The van der Waals surface area contributed by atoms with Crippen molar-refractivity contribution in [1.29, 1.82) is 0 Å². The van der Waals surface area contributed by atoms with E-state index in [0.717, 1.165) is 18.4 Å². The molecule has 0 aromatic rings. The second-order valence-corrected chi connectivity index (χ2v) is 4.52. The monoisotopic (exact) mass is 180 g/mol. The topological polar surface area (TPSA) is 24.1 Å². The summed E-state index contributed by atoms with van der Waals surface area (Å²) in [5.41, 5.74) is 8.00. The number of fused-ring (bicyclic) bond motifs is 1. The summed E-state index contributed by atoms with van der Waals surface area (Å²) < 4.78 is 0. The molecule has 2 aliphatic rings. The predicted octanol–water partition coefficient (Wildman–Crippen LogP) is 2.19. The van der Waals surface area contributed by atoms with Crippen molar-refractivity contribution in [1.82, 2.24) is 10.9 Å². The molecule has 2 rings (SSSR count). The summed E-state index contributed by atoms with van der Waals surface area (Å²) in [6.07, 6.45) is 9.07. The lowest BCUT2D eigenvalue weighted by atomic mass is 9.83. The van der Waals surface area contributed by atoms with Crippen molar-refractivity contribution in [3.63, 3.8) is 0 Å². The molecule has 1 aliphatic carbocycles. The molecular formula is C11H20N2. The van der Waals surface area contributed by atoms with Crippen LogP contribution in [0.2, 0.25) is 0 Å². The van der Waals surface area contributed by atoms with Crippen LogP contribution in [0, 0.1) is 11.8 Å². The predicted molar refractivity (Wildman–Crippen MR) is 55.0 cm³/mol. The Morgan fingerprint density at radius 2 is 2.23 bits per heavy atom.